The molecule has 0 unspecified atom stereocenters. The second-order valence-corrected chi connectivity index (χ2v) is 4.94. The lowest BCUT2D eigenvalue weighted by molar-refractivity contribution is 0.0953. The highest BCUT2D eigenvalue weighted by Gasteiger charge is 2.05. The summed E-state index contributed by atoms with van der Waals surface area (Å²) in [6.45, 7) is 2.73. The number of hydrogen-bond acceptors (Lipinski definition) is 4. The topological polar surface area (TPSA) is 59.6 Å². The number of rotatable bonds is 9. The summed E-state index contributed by atoms with van der Waals surface area (Å²) >= 11 is 0. The first-order valence-electron chi connectivity index (χ1n) is 7.60. The second kappa shape index (κ2) is 11.5. The van der Waals surface area contributed by atoms with Gasteiger partial charge in [-0.3, -0.25) is 4.79 Å². The standard InChI is InChI=1S/C18H22N2O3.ClH/c1-22-14-13-19-11-12-20-18(21)15-7-9-17(10-8-15)23-16-5-3-2-4-6-16;/h2-10,19H,11-14H2,1H3,(H,20,21);1H. The number of nitrogens with one attached hydrogen (secondary N) is 2. The second-order valence-electron chi connectivity index (χ2n) is 4.94. The molecule has 0 aliphatic heterocycles. The number of methoxy groups -OCH3 is 1. The zero-order valence-corrected chi connectivity index (χ0v) is 14.5. The van der Waals surface area contributed by atoms with E-state index in [-0.39, 0.29) is 18.3 Å². The van der Waals surface area contributed by atoms with Gasteiger partial charge in [-0.25, -0.2) is 0 Å². The third kappa shape index (κ3) is 7.00. The molecule has 0 bridgehead atoms. The number of benzene rings is 2. The molecule has 24 heavy (non-hydrogen) atoms. The van der Waals surface area contributed by atoms with Gasteiger partial charge >= 0.3 is 0 Å². The van der Waals surface area contributed by atoms with Crippen molar-refractivity contribution < 1.29 is 14.3 Å². The molecule has 2 aromatic rings. The summed E-state index contributed by atoms with van der Waals surface area (Å²) in [6.07, 6.45) is 0. The minimum atomic E-state index is -0.0928. The lowest BCUT2D eigenvalue weighted by Gasteiger charge is -2.08. The minimum Gasteiger partial charge on any atom is -0.457 e. The third-order valence-electron chi connectivity index (χ3n) is 3.17. The van der Waals surface area contributed by atoms with Crippen molar-refractivity contribution in [2.45, 2.75) is 0 Å². The molecule has 0 fully saturated rings. The van der Waals surface area contributed by atoms with E-state index in [0.29, 0.717) is 31.0 Å². The fourth-order valence-corrected chi connectivity index (χ4v) is 1.96. The molecule has 2 aromatic carbocycles. The number of halogens is 1. The van der Waals surface area contributed by atoms with E-state index in [4.69, 9.17) is 9.47 Å². The van der Waals surface area contributed by atoms with Crippen molar-refractivity contribution in [2.75, 3.05) is 33.4 Å². The number of hydrogen-bond donors (Lipinski definition) is 2. The molecule has 130 valence electrons. The third-order valence-corrected chi connectivity index (χ3v) is 3.17. The van der Waals surface area contributed by atoms with Gasteiger partial charge in [-0.15, -0.1) is 12.4 Å². The lowest BCUT2D eigenvalue weighted by atomic mass is 10.2. The molecule has 1 amide bonds. The first-order chi connectivity index (χ1) is 11.3. The Kier molecular flexibility index (Phi) is 9.53. The average Bonchev–Trinajstić information content (AvgIpc) is 2.59. The highest BCUT2D eigenvalue weighted by molar-refractivity contribution is 5.94. The summed E-state index contributed by atoms with van der Waals surface area (Å²) in [5.41, 5.74) is 0.613. The summed E-state index contributed by atoms with van der Waals surface area (Å²) in [5, 5.41) is 6.03. The predicted octanol–water partition coefficient (Wildman–Crippen LogP) is 2.87. The molecule has 0 spiro atoms. The fraction of sp³-hybridized carbons (Fsp3) is 0.278. The van der Waals surface area contributed by atoms with Gasteiger partial charge in [0.1, 0.15) is 11.5 Å². The van der Waals surface area contributed by atoms with E-state index in [1.54, 1.807) is 31.4 Å². The SMILES string of the molecule is COCCNCCNC(=O)c1ccc(Oc2ccccc2)cc1.Cl. The monoisotopic (exact) mass is 350 g/mol. The summed E-state index contributed by atoms with van der Waals surface area (Å²) < 4.78 is 10.6. The Hall–Kier alpha value is -2.08. The van der Waals surface area contributed by atoms with Crippen LogP contribution in [0.25, 0.3) is 0 Å². The highest BCUT2D eigenvalue weighted by atomic mass is 35.5. The minimum absolute atomic E-state index is 0. The maximum Gasteiger partial charge on any atom is 0.251 e. The van der Waals surface area contributed by atoms with Crippen molar-refractivity contribution in [3.05, 3.63) is 60.2 Å². The molecule has 0 radical (unpaired) electrons. The van der Waals surface area contributed by atoms with Crippen LogP contribution in [-0.4, -0.2) is 39.3 Å². The predicted molar refractivity (Wildman–Crippen MR) is 97.3 cm³/mol. The van der Waals surface area contributed by atoms with E-state index in [9.17, 15) is 4.79 Å². The summed E-state index contributed by atoms with van der Waals surface area (Å²) in [7, 11) is 1.66. The van der Waals surface area contributed by atoms with Crippen LogP contribution in [0.1, 0.15) is 10.4 Å². The van der Waals surface area contributed by atoms with Gasteiger partial charge in [0, 0.05) is 32.3 Å². The van der Waals surface area contributed by atoms with E-state index in [1.165, 1.54) is 0 Å². The van der Waals surface area contributed by atoms with Crippen LogP contribution in [0.15, 0.2) is 54.6 Å². The van der Waals surface area contributed by atoms with E-state index in [1.807, 2.05) is 30.3 Å². The van der Waals surface area contributed by atoms with Crippen molar-refractivity contribution in [1.29, 1.82) is 0 Å². The van der Waals surface area contributed by atoms with E-state index in [2.05, 4.69) is 10.6 Å². The summed E-state index contributed by atoms with van der Waals surface area (Å²) in [4.78, 5) is 12.0. The molecular weight excluding hydrogens is 328 g/mol. The van der Waals surface area contributed by atoms with Crippen molar-refractivity contribution >= 4 is 18.3 Å². The molecule has 2 N–H and O–H groups in total. The van der Waals surface area contributed by atoms with Crippen molar-refractivity contribution in [3.63, 3.8) is 0 Å². The van der Waals surface area contributed by atoms with Crippen molar-refractivity contribution in [3.8, 4) is 11.5 Å². The molecule has 0 aromatic heterocycles. The summed E-state index contributed by atoms with van der Waals surface area (Å²) in [5.74, 6) is 1.38. The number of carbonyl (C=O) groups excluding carboxylic acids is 1. The Bertz CT molecular complexity index is 591. The van der Waals surface area contributed by atoms with Gasteiger partial charge in [-0.1, -0.05) is 18.2 Å². The smallest absolute Gasteiger partial charge is 0.251 e. The molecule has 0 saturated carbocycles. The van der Waals surface area contributed by atoms with Crippen LogP contribution in [0.4, 0.5) is 0 Å². The van der Waals surface area contributed by atoms with Gasteiger partial charge in [0.15, 0.2) is 0 Å². The Morgan fingerprint density at radius 1 is 0.917 bits per heavy atom. The lowest BCUT2D eigenvalue weighted by Crippen LogP contribution is -2.33. The van der Waals surface area contributed by atoms with Crippen LogP contribution in [0, 0.1) is 0 Å². The molecule has 0 aliphatic rings. The maximum absolute atomic E-state index is 12.0. The molecule has 0 saturated heterocycles. The van der Waals surface area contributed by atoms with Gasteiger partial charge in [0.25, 0.3) is 5.91 Å². The first-order valence-corrected chi connectivity index (χ1v) is 7.60. The zero-order chi connectivity index (χ0) is 16.3. The van der Waals surface area contributed by atoms with E-state index >= 15 is 0 Å². The van der Waals surface area contributed by atoms with Gasteiger partial charge in [-0.2, -0.15) is 0 Å². The quantitative estimate of drug-likeness (QED) is 0.683. The largest absolute Gasteiger partial charge is 0.457 e. The van der Waals surface area contributed by atoms with Crippen LogP contribution in [0.5, 0.6) is 11.5 Å². The average molecular weight is 351 g/mol. The van der Waals surface area contributed by atoms with Crippen LogP contribution in [-0.2, 0) is 4.74 Å². The van der Waals surface area contributed by atoms with Crippen LogP contribution in [0.2, 0.25) is 0 Å². The number of carbonyl (C=O) groups is 1. The Labute approximate surface area is 148 Å². The summed E-state index contributed by atoms with van der Waals surface area (Å²) in [6, 6.07) is 16.6. The molecule has 0 aliphatic carbocycles. The van der Waals surface area contributed by atoms with Gasteiger partial charge in [-0.05, 0) is 36.4 Å². The normalized spacial score (nSPS) is 9.88. The van der Waals surface area contributed by atoms with Gasteiger partial charge < -0.3 is 20.1 Å². The number of amides is 1. The van der Waals surface area contributed by atoms with E-state index < -0.39 is 0 Å². The van der Waals surface area contributed by atoms with Crippen molar-refractivity contribution in [1.82, 2.24) is 10.6 Å². The number of ether oxygens (including phenoxy) is 2. The van der Waals surface area contributed by atoms with Crippen molar-refractivity contribution in [2.24, 2.45) is 0 Å². The first kappa shape index (κ1) is 20.0. The Morgan fingerprint density at radius 2 is 1.58 bits per heavy atom. The molecule has 0 atom stereocenters. The number of para-hydroxylation sites is 1. The van der Waals surface area contributed by atoms with Crippen LogP contribution in [0.3, 0.4) is 0 Å². The molecule has 5 nitrogen and oxygen atoms in total. The van der Waals surface area contributed by atoms with Crippen LogP contribution >= 0.6 is 12.4 Å². The molecule has 2 rings (SSSR count). The van der Waals surface area contributed by atoms with Gasteiger partial charge in [0.05, 0.1) is 6.61 Å². The Morgan fingerprint density at radius 3 is 2.25 bits per heavy atom. The zero-order valence-electron chi connectivity index (χ0n) is 13.7. The van der Waals surface area contributed by atoms with Crippen LogP contribution < -0.4 is 15.4 Å². The fourth-order valence-electron chi connectivity index (χ4n) is 1.96. The highest BCUT2D eigenvalue weighted by Crippen LogP contribution is 2.20. The van der Waals surface area contributed by atoms with Gasteiger partial charge in [0.2, 0.25) is 0 Å². The van der Waals surface area contributed by atoms with E-state index in [0.717, 1.165) is 12.3 Å². The molecule has 6 heteroatoms. The maximum atomic E-state index is 12.0. The Balaban J connectivity index is 0.00000288. The molecular formula is C18H23ClN2O3. The molecule has 0 heterocycles.